The molecule has 0 unspecified atom stereocenters. The summed E-state index contributed by atoms with van der Waals surface area (Å²) >= 11 is 6.03. The van der Waals surface area contributed by atoms with E-state index in [9.17, 15) is 13.2 Å². The van der Waals surface area contributed by atoms with Gasteiger partial charge >= 0.3 is 0 Å². The minimum absolute atomic E-state index is 0.147. The van der Waals surface area contributed by atoms with Crippen LogP contribution in [0.25, 0.3) is 0 Å². The monoisotopic (exact) mass is 417 g/mol. The molecule has 6 nitrogen and oxygen atoms in total. The first-order chi connectivity index (χ1) is 13.3. The van der Waals surface area contributed by atoms with Gasteiger partial charge in [-0.05, 0) is 54.7 Å². The van der Waals surface area contributed by atoms with Crippen LogP contribution >= 0.6 is 11.6 Å². The first-order valence-corrected chi connectivity index (χ1v) is 11.1. The third-order valence-electron chi connectivity index (χ3n) is 4.80. The van der Waals surface area contributed by atoms with Crippen LogP contribution < -0.4 is 4.72 Å². The molecule has 28 heavy (non-hydrogen) atoms. The Bertz CT molecular complexity index is 1020. The maximum Gasteiger partial charge on any atom is 0.253 e. The van der Waals surface area contributed by atoms with E-state index < -0.39 is 10.0 Å². The number of likely N-dealkylation sites (tertiary alicyclic amines) is 1. The number of nitrogens with one attached hydrogen (secondary N) is 1. The van der Waals surface area contributed by atoms with E-state index in [1.807, 2.05) is 24.3 Å². The quantitative estimate of drug-likeness (QED) is 0.822. The smallest absolute Gasteiger partial charge is 0.253 e. The van der Waals surface area contributed by atoms with Gasteiger partial charge in [0.2, 0.25) is 10.0 Å². The number of nitrogens with zero attached hydrogens (tertiary/aromatic N) is 2. The Balaban J connectivity index is 1.68. The summed E-state index contributed by atoms with van der Waals surface area (Å²) in [6.45, 7) is 1.22. The van der Waals surface area contributed by atoms with Gasteiger partial charge in [-0.3, -0.25) is 9.52 Å². The van der Waals surface area contributed by atoms with Crippen molar-refractivity contribution in [3.63, 3.8) is 0 Å². The molecule has 0 aliphatic carbocycles. The highest BCUT2D eigenvalue weighted by Crippen LogP contribution is 2.30. The lowest BCUT2D eigenvalue weighted by atomic mass is 9.89. The minimum atomic E-state index is -3.49. The molecular weight excluding hydrogens is 398 g/mol. The topological polar surface area (TPSA) is 90.3 Å². The number of piperidine rings is 1. The molecule has 146 valence electrons. The number of nitriles is 1. The molecule has 0 bridgehead atoms. The third-order valence-corrected chi connectivity index (χ3v) is 5.72. The zero-order chi connectivity index (χ0) is 20.3. The van der Waals surface area contributed by atoms with Gasteiger partial charge in [0.15, 0.2) is 0 Å². The van der Waals surface area contributed by atoms with Crippen molar-refractivity contribution in [1.29, 1.82) is 5.26 Å². The number of benzene rings is 2. The Morgan fingerprint density at radius 1 is 1.18 bits per heavy atom. The van der Waals surface area contributed by atoms with Gasteiger partial charge in [-0.2, -0.15) is 5.26 Å². The van der Waals surface area contributed by atoms with Gasteiger partial charge in [0.1, 0.15) is 0 Å². The summed E-state index contributed by atoms with van der Waals surface area (Å²) in [5, 5.41) is 9.14. The molecule has 0 radical (unpaired) electrons. The molecule has 0 atom stereocenters. The van der Waals surface area contributed by atoms with Crippen molar-refractivity contribution in [1.82, 2.24) is 4.90 Å². The molecule has 1 fully saturated rings. The molecule has 1 aliphatic rings. The van der Waals surface area contributed by atoms with Crippen molar-refractivity contribution in [2.45, 2.75) is 18.8 Å². The minimum Gasteiger partial charge on any atom is -0.339 e. The first-order valence-electron chi connectivity index (χ1n) is 8.83. The van der Waals surface area contributed by atoms with E-state index >= 15 is 0 Å². The van der Waals surface area contributed by atoms with Crippen LogP contribution in [0, 0.1) is 11.3 Å². The molecular formula is C20H20ClN3O3S. The number of halogens is 1. The molecule has 8 heteroatoms. The summed E-state index contributed by atoms with van der Waals surface area (Å²) in [5.41, 5.74) is 2.41. The largest absolute Gasteiger partial charge is 0.339 e. The highest BCUT2D eigenvalue weighted by molar-refractivity contribution is 7.92. The molecule has 1 saturated heterocycles. The summed E-state index contributed by atoms with van der Waals surface area (Å²) in [7, 11) is -3.49. The lowest BCUT2D eigenvalue weighted by molar-refractivity contribution is 0.0713. The SMILES string of the molecule is CS(=O)(=O)Nc1cc(C(=O)N2CCC(c3ccc(C#N)cc3)CC2)ccc1Cl. The fourth-order valence-electron chi connectivity index (χ4n) is 3.36. The van der Waals surface area contributed by atoms with Crippen molar-refractivity contribution >= 4 is 33.2 Å². The number of anilines is 1. The maximum absolute atomic E-state index is 12.8. The number of hydrogen-bond acceptors (Lipinski definition) is 4. The van der Waals surface area contributed by atoms with Gasteiger partial charge in [-0.15, -0.1) is 0 Å². The lowest BCUT2D eigenvalue weighted by Crippen LogP contribution is -2.38. The average Bonchev–Trinajstić information content (AvgIpc) is 2.68. The zero-order valence-corrected chi connectivity index (χ0v) is 16.9. The fourth-order valence-corrected chi connectivity index (χ4v) is 4.15. The maximum atomic E-state index is 12.8. The second-order valence-corrected chi connectivity index (χ2v) is 9.02. The van der Waals surface area contributed by atoms with Gasteiger partial charge in [0.05, 0.1) is 28.6 Å². The van der Waals surface area contributed by atoms with Crippen LogP contribution in [-0.2, 0) is 10.0 Å². The summed E-state index contributed by atoms with van der Waals surface area (Å²) in [5.74, 6) is 0.205. The zero-order valence-electron chi connectivity index (χ0n) is 15.4. The standard InChI is InChI=1S/C20H20ClN3O3S/c1-28(26,27)23-19-12-17(6-7-18(19)21)20(25)24-10-8-16(9-11-24)15-4-2-14(13-22)3-5-15/h2-7,12,16,23H,8-11H2,1H3. The van der Waals surface area contributed by atoms with Crippen LogP contribution in [0.4, 0.5) is 5.69 Å². The molecule has 0 saturated carbocycles. The molecule has 3 rings (SSSR count). The van der Waals surface area contributed by atoms with Gasteiger partial charge in [0, 0.05) is 18.7 Å². The van der Waals surface area contributed by atoms with Crippen LogP contribution in [-0.4, -0.2) is 38.6 Å². The number of amides is 1. The highest BCUT2D eigenvalue weighted by atomic mass is 35.5. The predicted molar refractivity (Wildman–Crippen MR) is 109 cm³/mol. The second kappa shape index (κ2) is 8.21. The molecule has 0 aromatic heterocycles. The van der Waals surface area contributed by atoms with Crippen LogP contribution in [0.3, 0.4) is 0 Å². The lowest BCUT2D eigenvalue weighted by Gasteiger charge is -2.32. The number of sulfonamides is 1. The Morgan fingerprint density at radius 3 is 2.39 bits per heavy atom. The molecule has 0 spiro atoms. The molecule has 1 N–H and O–H groups in total. The average molecular weight is 418 g/mol. The summed E-state index contributed by atoms with van der Waals surface area (Å²) in [4.78, 5) is 14.6. The van der Waals surface area contributed by atoms with Crippen LogP contribution in [0.2, 0.25) is 5.02 Å². The van der Waals surface area contributed by atoms with E-state index in [1.54, 1.807) is 11.0 Å². The van der Waals surface area contributed by atoms with E-state index in [4.69, 9.17) is 16.9 Å². The molecule has 1 aliphatic heterocycles. The van der Waals surface area contributed by atoms with Gasteiger partial charge in [-0.1, -0.05) is 23.7 Å². The normalized spacial score (nSPS) is 15.1. The summed E-state index contributed by atoms with van der Waals surface area (Å²) in [6.07, 6.45) is 2.70. The van der Waals surface area contributed by atoms with Gasteiger partial charge in [-0.25, -0.2) is 8.42 Å². The fraction of sp³-hybridized carbons (Fsp3) is 0.300. The van der Waals surface area contributed by atoms with Crippen molar-refractivity contribution in [3.05, 3.63) is 64.2 Å². The number of rotatable bonds is 4. The number of carbonyl (C=O) groups excluding carboxylic acids is 1. The van der Waals surface area contributed by atoms with Crippen molar-refractivity contribution in [3.8, 4) is 6.07 Å². The summed E-state index contributed by atoms with van der Waals surface area (Å²) < 4.78 is 25.3. The summed E-state index contributed by atoms with van der Waals surface area (Å²) in [6, 6.07) is 14.3. The predicted octanol–water partition coefficient (Wildman–Crippen LogP) is 3.60. The van der Waals surface area contributed by atoms with Crippen LogP contribution in [0.1, 0.15) is 40.2 Å². The Morgan fingerprint density at radius 2 is 1.82 bits per heavy atom. The van der Waals surface area contributed by atoms with Crippen molar-refractivity contribution in [2.24, 2.45) is 0 Å². The molecule has 1 heterocycles. The van der Waals surface area contributed by atoms with Crippen LogP contribution in [0.15, 0.2) is 42.5 Å². The number of hydrogen-bond donors (Lipinski definition) is 1. The van der Waals surface area contributed by atoms with E-state index in [-0.39, 0.29) is 16.6 Å². The van der Waals surface area contributed by atoms with E-state index in [1.165, 1.54) is 17.7 Å². The second-order valence-electron chi connectivity index (χ2n) is 6.87. The molecule has 1 amide bonds. The Hall–Kier alpha value is -2.56. The first kappa shape index (κ1) is 20.2. The van der Waals surface area contributed by atoms with Crippen LogP contribution in [0.5, 0.6) is 0 Å². The van der Waals surface area contributed by atoms with Gasteiger partial charge < -0.3 is 4.90 Å². The highest BCUT2D eigenvalue weighted by Gasteiger charge is 2.25. The van der Waals surface area contributed by atoms with Crippen molar-refractivity contribution < 1.29 is 13.2 Å². The Labute approximate surface area is 169 Å². The molecule has 2 aromatic rings. The third kappa shape index (κ3) is 4.83. The van der Waals surface area contributed by atoms with Crippen molar-refractivity contribution in [2.75, 3.05) is 24.1 Å². The van der Waals surface area contributed by atoms with Gasteiger partial charge in [0.25, 0.3) is 5.91 Å². The van der Waals surface area contributed by atoms with E-state index in [2.05, 4.69) is 10.8 Å². The Kier molecular flexibility index (Phi) is 5.92. The van der Waals surface area contributed by atoms with E-state index in [0.717, 1.165) is 19.1 Å². The van der Waals surface area contributed by atoms with E-state index in [0.29, 0.717) is 30.1 Å². The molecule has 2 aromatic carbocycles. The number of carbonyl (C=O) groups is 1.